The van der Waals surface area contributed by atoms with Crippen molar-refractivity contribution in [2.24, 2.45) is 0 Å². The van der Waals surface area contributed by atoms with Gasteiger partial charge in [0.1, 0.15) is 0 Å². The first-order valence-corrected chi connectivity index (χ1v) is 6.82. The van der Waals surface area contributed by atoms with Crippen LogP contribution in [-0.2, 0) is 13.1 Å². The minimum atomic E-state index is -0.373. The summed E-state index contributed by atoms with van der Waals surface area (Å²) in [6.45, 7) is 5.72. The molecule has 0 fully saturated rings. The van der Waals surface area contributed by atoms with Crippen LogP contribution in [0.15, 0.2) is 18.2 Å². The van der Waals surface area contributed by atoms with Gasteiger partial charge in [-0.1, -0.05) is 19.1 Å². The van der Waals surface area contributed by atoms with Crippen molar-refractivity contribution in [2.45, 2.75) is 33.4 Å². The van der Waals surface area contributed by atoms with Crippen molar-refractivity contribution < 1.29 is 4.92 Å². The van der Waals surface area contributed by atoms with Crippen molar-refractivity contribution >= 4 is 5.69 Å². The van der Waals surface area contributed by atoms with E-state index in [1.54, 1.807) is 17.7 Å². The molecule has 112 valence electrons. The van der Waals surface area contributed by atoms with Gasteiger partial charge in [-0.2, -0.15) is 0 Å². The highest BCUT2D eigenvalue weighted by Gasteiger charge is 2.15. The Labute approximate surface area is 122 Å². The Kier molecular flexibility index (Phi) is 4.94. The van der Waals surface area contributed by atoms with Crippen LogP contribution in [0.3, 0.4) is 0 Å². The van der Waals surface area contributed by atoms with Gasteiger partial charge < -0.3 is 5.32 Å². The third-order valence-electron chi connectivity index (χ3n) is 3.25. The lowest BCUT2D eigenvalue weighted by atomic mass is 10.1. The summed E-state index contributed by atoms with van der Waals surface area (Å²) in [5.41, 5.74) is 1.60. The fraction of sp³-hybridized carbons (Fsp3) is 0.462. The second-order valence-corrected chi connectivity index (χ2v) is 4.75. The Balaban J connectivity index is 2.17. The number of nitro groups is 1. The van der Waals surface area contributed by atoms with E-state index in [0.717, 1.165) is 18.5 Å². The molecule has 0 unspecified atom stereocenters. The molecule has 0 aliphatic heterocycles. The average Bonchev–Trinajstić information content (AvgIpc) is 2.88. The van der Waals surface area contributed by atoms with Gasteiger partial charge in [0.25, 0.3) is 5.69 Å². The van der Waals surface area contributed by atoms with Gasteiger partial charge in [-0.15, -0.1) is 5.10 Å². The highest BCUT2D eigenvalue weighted by atomic mass is 16.6. The van der Waals surface area contributed by atoms with Crippen LogP contribution in [0.1, 0.15) is 30.3 Å². The van der Waals surface area contributed by atoms with Crippen LogP contribution < -0.4 is 5.32 Å². The monoisotopic (exact) mass is 290 g/mol. The summed E-state index contributed by atoms with van der Waals surface area (Å²) in [4.78, 5) is 10.6. The van der Waals surface area contributed by atoms with E-state index in [0.29, 0.717) is 24.5 Å². The van der Waals surface area contributed by atoms with Crippen LogP contribution in [0.2, 0.25) is 0 Å². The molecule has 21 heavy (non-hydrogen) atoms. The molecule has 1 aromatic heterocycles. The number of nitro benzene ring substituents is 1. The zero-order valence-electron chi connectivity index (χ0n) is 12.1. The van der Waals surface area contributed by atoms with Gasteiger partial charge in [0.15, 0.2) is 5.82 Å². The molecule has 8 heteroatoms. The molecule has 8 nitrogen and oxygen atoms in total. The van der Waals surface area contributed by atoms with Crippen molar-refractivity contribution in [2.75, 3.05) is 6.54 Å². The highest BCUT2D eigenvalue weighted by molar-refractivity contribution is 5.44. The van der Waals surface area contributed by atoms with E-state index >= 15 is 0 Å². The summed E-state index contributed by atoms with van der Waals surface area (Å²) in [6, 6.07) is 5.04. The molecule has 0 saturated heterocycles. The number of nitrogens with one attached hydrogen (secondary N) is 1. The second kappa shape index (κ2) is 6.89. The molecule has 0 radical (unpaired) electrons. The molecule has 1 heterocycles. The molecule has 0 spiro atoms. The van der Waals surface area contributed by atoms with Crippen molar-refractivity contribution in [3.8, 4) is 0 Å². The van der Waals surface area contributed by atoms with Gasteiger partial charge in [-0.25, -0.2) is 4.68 Å². The molecular formula is C13H18N6O2. The molecule has 2 aromatic rings. The smallest absolute Gasteiger partial charge is 0.272 e. The third-order valence-corrected chi connectivity index (χ3v) is 3.25. The summed E-state index contributed by atoms with van der Waals surface area (Å²) >= 11 is 0. The van der Waals surface area contributed by atoms with Gasteiger partial charge in [0.2, 0.25) is 0 Å². The van der Waals surface area contributed by atoms with Crippen LogP contribution in [0, 0.1) is 17.0 Å². The van der Waals surface area contributed by atoms with E-state index in [9.17, 15) is 10.1 Å². The lowest BCUT2D eigenvalue weighted by Gasteiger charge is -2.08. The number of hydrogen-bond acceptors (Lipinski definition) is 6. The maximum atomic E-state index is 11.0. The van der Waals surface area contributed by atoms with Crippen molar-refractivity contribution in [3.63, 3.8) is 0 Å². The van der Waals surface area contributed by atoms with Crippen LogP contribution >= 0.6 is 0 Å². The Morgan fingerprint density at radius 3 is 2.95 bits per heavy atom. The van der Waals surface area contributed by atoms with E-state index in [1.165, 1.54) is 6.07 Å². The Morgan fingerprint density at radius 1 is 1.43 bits per heavy atom. The first-order chi connectivity index (χ1) is 10.1. The van der Waals surface area contributed by atoms with Crippen molar-refractivity contribution in [1.29, 1.82) is 0 Å². The normalized spacial score (nSPS) is 10.8. The number of rotatable bonds is 7. The van der Waals surface area contributed by atoms with Crippen LogP contribution in [0.25, 0.3) is 0 Å². The topological polar surface area (TPSA) is 98.8 Å². The quantitative estimate of drug-likeness (QED) is 0.470. The standard InChI is InChI=1S/C13H18N6O2/c1-3-7-14-8-13-15-16-17-18(13)9-11-5-4-6-12(10(11)2)19(20)21/h4-6,14H,3,7-9H2,1-2H3. The minimum Gasteiger partial charge on any atom is -0.310 e. The average molecular weight is 290 g/mol. The molecule has 1 aromatic carbocycles. The zero-order valence-corrected chi connectivity index (χ0v) is 12.1. The van der Waals surface area contributed by atoms with Crippen LogP contribution in [0.4, 0.5) is 5.69 Å². The molecule has 1 N–H and O–H groups in total. The number of nitrogens with zero attached hydrogens (tertiary/aromatic N) is 5. The maximum absolute atomic E-state index is 11.0. The van der Waals surface area contributed by atoms with E-state index in [1.807, 2.05) is 6.07 Å². The van der Waals surface area contributed by atoms with Gasteiger partial charge in [-0.3, -0.25) is 10.1 Å². The highest BCUT2D eigenvalue weighted by Crippen LogP contribution is 2.21. The predicted molar refractivity (Wildman–Crippen MR) is 76.8 cm³/mol. The first kappa shape index (κ1) is 15.0. The van der Waals surface area contributed by atoms with E-state index in [2.05, 4.69) is 27.8 Å². The Hall–Kier alpha value is -2.35. The van der Waals surface area contributed by atoms with Crippen LogP contribution in [0.5, 0.6) is 0 Å². The maximum Gasteiger partial charge on any atom is 0.272 e. The lowest BCUT2D eigenvalue weighted by Crippen LogP contribution is -2.18. The van der Waals surface area contributed by atoms with Crippen molar-refractivity contribution in [1.82, 2.24) is 25.5 Å². The Bertz CT molecular complexity index is 625. The summed E-state index contributed by atoms with van der Waals surface area (Å²) in [6.07, 6.45) is 1.03. The van der Waals surface area contributed by atoms with Gasteiger partial charge in [0.05, 0.1) is 18.0 Å². The van der Waals surface area contributed by atoms with E-state index in [-0.39, 0.29) is 10.6 Å². The largest absolute Gasteiger partial charge is 0.310 e. The summed E-state index contributed by atoms with van der Waals surface area (Å²) in [7, 11) is 0. The molecule has 0 saturated carbocycles. The van der Waals surface area contributed by atoms with Crippen LogP contribution in [-0.4, -0.2) is 31.7 Å². The second-order valence-electron chi connectivity index (χ2n) is 4.75. The van der Waals surface area contributed by atoms with Gasteiger partial charge >= 0.3 is 0 Å². The van der Waals surface area contributed by atoms with E-state index < -0.39 is 0 Å². The SMILES string of the molecule is CCCNCc1nnnn1Cc1cccc([N+](=O)[O-])c1C. The fourth-order valence-electron chi connectivity index (χ4n) is 2.05. The molecule has 0 atom stereocenters. The minimum absolute atomic E-state index is 0.117. The first-order valence-electron chi connectivity index (χ1n) is 6.82. The molecular weight excluding hydrogens is 272 g/mol. The number of aromatic nitrogens is 4. The van der Waals surface area contributed by atoms with Gasteiger partial charge in [0, 0.05) is 11.6 Å². The number of tetrazole rings is 1. The summed E-state index contributed by atoms with van der Waals surface area (Å²) in [5.74, 6) is 0.717. The summed E-state index contributed by atoms with van der Waals surface area (Å²) < 4.78 is 1.66. The number of hydrogen-bond donors (Lipinski definition) is 1. The third kappa shape index (κ3) is 3.60. The van der Waals surface area contributed by atoms with Gasteiger partial charge in [-0.05, 0) is 35.9 Å². The molecule has 0 aliphatic rings. The van der Waals surface area contributed by atoms with E-state index in [4.69, 9.17) is 0 Å². The predicted octanol–water partition coefficient (Wildman–Crippen LogP) is 1.44. The molecule has 0 bridgehead atoms. The molecule has 2 rings (SSSR count). The summed E-state index contributed by atoms with van der Waals surface area (Å²) in [5, 5.41) is 25.8. The lowest BCUT2D eigenvalue weighted by molar-refractivity contribution is -0.385. The molecule has 0 amide bonds. The number of benzene rings is 1. The Morgan fingerprint density at radius 2 is 2.24 bits per heavy atom. The zero-order chi connectivity index (χ0) is 15.2. The molecule has 0 aliphatic carbocycles. The van der Waals surface area contributed by atoms with Crippen molar-refractivity contribution in [3.05, 3.63) is 45.3 Å². The fourth-order valence-corrected chi connectivity index (χ4v) is 2.05.